The van der Waals surface area contributed by atoms with Crippen LogP contribution in [-0.2, 0) is 15.3 Å². The van der Waals surface area contributed by atoms with Gasteiger partial charge >= 0.3 is 5.91 Å². The van der Waals surface area contributed by atoms with Crippen LogP contribution in [0, 0.1) is 5.92 Å². The van der Waals surface area contributed by atoms with Gasteiger partial charge in [0.2, 0.25) is 5.13 Å². The maximum absolute atomic E-state index is 13.8. The van der Waals surface area contributed by atoms with Crippen molar-refractivity contribution in [2.24, 2.45) is 5.92 Å². The van der Waals surface area contributed by atoms with Crippen molar-refractivity contribution in [3.8, 4) is 17.2 Å². The van der Waals surface area contributed by atoms with Crippen LogP contribution in [-0.4, -0.2) is 47.3 Å². The zero-order valence-electron chi connectivity index (χ0n) is 26.9. The Balaban J connectivity index is 1.53. The molecule has 1 fully saturated rings. The molecule has 1 aromatic heterocycles. The summed E-state index contributed by atoms with van der Waals surface area (Å²) >= 11 is 14.9. The molecule has 1 unspecified atom stereocenters. The van der Waals surface area contributed by atoms with Crippen molar-refractivity contribution in [2.75, 3.05) is 25.2 Å². The van der Waals surface area contributed by atoms with Crippen LogP contribution in [0.2, 0.25) is 10.0 Å². The first-order valence-corrected chi connectivity index (χ1v) is 17.9. The zero-order chi connectivity index (χ0) is 34.4. The highest BCUT2D eigenvalue weighted by molar-refractivity contribution is 8.00. The topological polar surface area (TPSA) is 111 Å². The number of Topliss-reactive ketones (excluding diaryl/α,β-unsaturated/α-hetero) is 1. The first-order chi connectivity index (χ1) is 23.1. The van der Waals surface area contributed by atoms with Crippen LogP contribution >= 0.6 is 46.3 Å². The lowest BCUT2D eigenvalue weighted by molar-refractivity contribution is -0.132. The number of aliphatic hydroxyl groups excluding tert-OH is 1. The maximum atomic E-state index is 13.8. The molecule has 48 heavy (non-hydrogen) atoms. The normalized spacial score (nSPS) is 15.7. The Labute approximate surface area is 297 Å². The van der Waals surface area contributed by atoms with Crippen LogP contribution in [0.25, 0.3) is 5.76 Å². The molecular formula is C35H35Cl2N3O6S2. The summed E-state index contributed by atoms with van der Waals surface area (Å²) in [4.78, 5) is 28.8. The molecule has 1 amide bonds. The summed E-state index contributed by atoms with van der Waals surface area (Å²) in [5.74, 6) is 0.509. The molecule has 0 aliphatic carbocycles. The Morgan fingerprint density at radius 1 is 1.00 bits per heavy atom. The standard InChI is InChI=1S/C35H35Cl2N3O6S2/c1-5-15-45-25-11-7-21(8-12-25)31(41)29-30(22-9-13-27(28(17-22)44-4)46-16-14-20(2)3)40(33(43)32(29)42)34-38-39-35(48-34)47-19-23-6-10-24(36)18-26(23)37/h6-13,17-18,20,30,41H,5,14-16,19H2,1-4H3/b31-29-. The van der Waals surface area contributed by atoms with E-state index in [9.17, 15) is 14.7 Å². The molecule has 1 saturated heterocycles. The van der Waals surface area contributed by atoms with E-state index in [0.717, 1.165) is 29.7 Å². The summed E-state index contributed by atoms with van der Waals surface area (Å²) in [5.41, 5.74) is 1.65. The molecule has 1 aliphatic heterocycles. The third-order valence-electron chi connectivity index (χ3n) is 7.47. The van der Waals surface area contributed by atoms with E-state index in [2.05, 4.69) is 24.0 Å². The number of hydrogen-bond donors (Lipinski definition) is 1. The van der Waals surface area contributed by atoms with Gasteiger partial charge in [-0.3, -0.25) is 14.5 Å². The number of carbonyl (C=O) groups is 2. The first kappa shape index (κ1) is 35.5. The van der Waals surface area contributed by atoms with Gasteiger partial charge in [-0.05, 0) is 78.4 Å². The Kier molecular flexibility index (Phi) is 11.9. The second-order valence-electron chi connectivity index (χ2n) is 11.4. The highest BCUT2D eigenvalue weighted by Crippen LogP contribution is 2.46. The third-order valence-corrected chi connectivity index (χ3v) is 10.2. The number of rotatable bonds is 14. The number of methoxy groups -OCH3 is 1. The Morgan fingerprint density at radius 2 is 1.77 bits per heavy atom. The molecular weight excluding hydrogens is 693 g/mol. The Hall–Kier alpha value is -3.77. The monoisotopic (exact) mass is 727 g/mol. The van der Waals surface area contributed by atoms with Gasteiger partial charge in [-0.15, -0.1) is 10.2 Å². The number of halogens is 2. The van der Waals surface area contributed by atoms with Gasteiger partial charge < -0.3 is 19.3 Å². The first-order valence-electron chi connectivity index (χ1n) is 15.4. The van der Waals surface area contributed by atoms with Crippen molar-refractivity contribution >= 4 is 68.9 Å². The molecule has 0 spiro atoms. The van der Waals surface area contributed by atoms with E-state index in [0.29, 0.717) is 67.6 Å². The van der Waals surface area contributed by atoms with Crippen LogP contribution in [0.5, 0.6) is 17.2 Å². The average molecular weight is 729 g/mol. The number of anilines is 1. The average Bonchev–Trinajstić information content (AvgIpc) is 3.64. The third kappa shape index (κ3) is 8.08. The van der Waals surface area contributed by atoms with Crippen molar-refractivity contribution < 1.29 is 28.9 Å². The fourth-order valence-electron chi connectivity index (χ4n) is 4.94. The molecule has 9 nitrogen and oxygen atoms in total. The van der Waals surface area contributed by atoms with Gasteiger partial charge in [-0.2, -0.15) is 0 Å². The van der Waals surface area contributed by atoms with Crippen LogP contribution in [0.15, 0.2) is 70.6 Å². The van der Waals surface area contributed by atoms with Gasteiger partial charge in [0.1, 0.15) is 11.5 Å². The van der Waals surface area contributed by atoms with Crippen LogP contribution < -0.4 is 19.1 Å². The largest absolute Gasteiger partial charge is 0.507 e. The molecule has 252 valence electrons. The summed E-state index contributed by atoms with van der Waals surface area (Å²) in [7, 11) is 1.52. The van der Waals surface area contributed by atoms with Crippen molar-refractivity contribution in [3.05, 3.63) is 93.0 Å². The molecule has 0 radical (unpaired) electrons. The van der Waals surface area contributed by atoms with Gasteiger partial charge in [-0.25, -0.2) is 0 Å². The molecule has 1 N–H and O–H groups in total. The Morgan fingerprint density at radius 3 is 2.46 bits per heavy atom. The van der Waals surface area contributed by atoms with E-state index in [1.54, 1.807) is 54.6 Å². The van der Waals surface area contributed by atoms with E-state index in [-0.39, 0.29) is 16.5 Å². The molecule has 0 saturated carbocycles. The second kappa shape index (κ2) is 16.1. The number of benzene rings is 3. The van der Waals surface area contributed by atoms with Gasteiger partial charge in [-0.1, -0.05) is 79.2 Å². The predicted molar refractivity (Wildman–Crippen MR) is 191 cm³/mol. The lowest BCUT2D eigenvalue weighted by Crippen LogP contribution is -2.29. The minimum atomic E-state index is -1.03. The molecule has 1 atom stereocenters. The van der Waals surface area contributed by atoms with Crippen LogP contribution in [0.1, 0.15) is 56.3 Å². The molecule has 2 heterocycles. The number of ether oxygens (including phenoxy) is 3. The summed E-state index contributed by atoms with van der Waals surface area (Å²) < 4.78 is 17.9. The van der Waals surface area contributed by atoms with Crippen molar-refractivity contribution in [1.29, 1.82) is 0 Å². The maximum Gasteiger partial charge on any atom is 0.301 e. The fourth-order valence-corrected chi connectivity index (χ4v) is 7.37. The number of ketones is 1. The van der Waals surface area contributed by atoms with E-state index < -0.39 is 17.7 Å². The molecule has 5 rings (SSSR count). The Bertz CT molecular complexity index is 1810. The number of aliphatic hydroxyl groups is 1. The summed E-state index contributed by atoms with van der Waals surface area (Å²) in [6.07, 6.45) is 1.70. The molecule has 13 heteroatoms. The summed E-state index contributed by atoms with van der Waals surface area (Å²) in [5, 5.41) is 21.5. The van der Waals surface area contributed by atoms with Gasteiger partial charge in [0.25, 0.3) is 5.78 Å². The molecule has 3 aromatic carbocycles. The van der Waals surface area contributed by atoms with Crippen molar-refractivity contribution in [1.82, 2.24) is 10.2 Å². The number of amides is 1. The molecule has 1 aliphatic rings. The lowest BCUT2D eigenvalue weighted by Gasteiger charge is -2.23. The van der Waals surface area contributed by atoms with Crippen LogP contribution in [0.4, 0.5) is 5.13 Å². The number of hydrogen-bond acceptors (Lipinski definition) is 10. The van der Waals surface area contributed by atoms with Crippen LogP contribution in [0.3, 0.4) is 0 Å². The number of nitrogens with zero attached hydrogens (tertiary/aromatic N) is 3. The highest BCUT2D eigenvalue weighted by Gasteiger charge is 2.48. The van der Waals surface area contributed by atoms with E-state index in [1.807, 2.05) is 13.0 Å². The summed E-state index contributed by atoms with van der Waals surface area (Å²) in [6.45, 7) is 7.28. The van der Waals surface area contributed by atoms with Gasteiger partial charge in [0.05, 0.1) is 31.9 Å². The van der Waals surface area contributed by atoms with Gasteiger partial charge in [0.15, 0.2) is 15.8 Å². The highest BCUT2D eigenvalue weighted by atomic mass is 35.5. The lowest BCUT2D eigenvalue weighted by atomic mass is 9.95. The second-order valence-corrected chi connectivity index (χ2v) is 14.4. The molecule has 0 bridgehead atoms. The number of thioether (sulfide) groups is 1. The summed E-state index contributed by atoms with van der Waals surface area (Å²) in [6, 6.07) is 16.2. The fraction of sp³-hybridized carbons (Fsp3) is 0.314. The number of carbonyl (C=O) groups excluding carboxylic acids is 2. The predicted octanol–water partition coefficient (Wildman–Crippen LogP) is 8.99. The SMILES string of the molecule is CCCOc1ccc(/C(O)=C2/C(=O)C(=O)N(c3nnc(SCc4ccc(Cl)cc4Cl)s3)C2c2ccc(OCCC(C)C)c(OC)c2)cc1. The minimum Gasteiger partial charge on any atom is -0.507 e. The smallest absolute Gasteiger partial charge is 0.301 e. The van der Waals surface area contributed by atoms with E-state index >= 15 is 0 Å². The molecule has 4 aromatic rings. The number of aromatic nitrogens is 2. The minimum absolute atomic E-state index is 0.0879. The van der Waals surface area contributed by atoms with Crippen molar-refractivity contribution in [2.45, 2.75) is 49.7 Å². The van der Waals surface area contributed by atoms with Gasteiger partial charge in [0, 0.05) is 21.4 Å². The quantitative estimate of drug-likeness (QED) is 0.0447. The van der Waals surface area contributed by atoms with E-state index in [1.165, 1.54) is 23.8 Å². The zero-order valence-corrected chi connectivity index (χ0v) is 30.0. The van der Waals surface area contributed by atoms with E-state index in [4.69, 9.17) is 37.4 Å². The van der Waals surface area contributed by atoms with Crippen molar-refractivity contribution in [3.63, 3.8) is 0 Å².